The minimum absolute atomic E-state index is 0.0564. The van der Waals surface area contributed by atoms with Crippen LogP contribution in [0.1, 0.15) is 87.4 Å². The molecule has 0 aliphatic heterocycles. The second-order valence-electron chi connectivity index (χ2n) is 7.88. The number of nitrogens with one attached hydrogen (secondary N) is 2. The number of amides is 2. The van der Waals surface area contributed by atoms with Crippen molar-refractivity contribution in [2.75, 3.05) is 12.3 Å². The minimum Gasteiger partial charge on any atom is -0.480 e. The third kappa shape index (κ3) is 13.8. The van der Waals surface area contributed by atoms with Crippen LogP contribution in [0.2, 0.25) is 0 Å². The molecule has 1 aromatic rings. The summed E-state index contributed by atoms with van der Waals surface area (Å²) in [6.45, 7) is 0.531. The predicted octanol–water partition coefficient (Wildman–Crippen LogP) is 4.60. The van der Waals surface area contributed by atoms with Crippen molar-refractivity contribution in [1.82, 2.24) is 10.6 Å². The van der Waals surface area contributed by atoms with Crippen LogP contribution >= 0.6 is 12.6 Å². The quantitative estimate of drug-likeness (QED) is 0.194. The fourth-order valence-corrected chi connectivity index (χ4v) is 3.56. The van der Waals surface area contributed by atoms with Crippen LogP contribution in [0.25, 0.3) is 0 Å². The lowest BCUT2D eigenvalue weighted by Gasteiger charge is -2.14. The monoisotopic (exact) mass is 450 g/mol. The summed E-state index contributed by atoms with van der Waals surface area (Å²) in [6, 6.07) is 7.64. The molecule has 3 N–H and O–H groups in total. The zero-order valence-electron chi connectivity index (χ0n) is 18.5. The van der Waals surface area contributed by atoms with Crippen molar-refractivity contribution in [3.05, 3.63) is 35.9 Å². The molecule has 0 saturated heterocycles. The van der Waals surface area contributed by atoms with E-state index in [-0.39, 0.29) is 11.8 Å². The summed E-state index contributed by atoms with van der Waals surface area (Å²) in [5.41, 5.74) is 0.439. The number of carboxylic acids is 1. The third-order valence-corrected chi connectivity index (χ3v) is 5.51. The fourth-order valence-electron chi connectivity index (χ4n) is 3.34. The molecule has 0 aliphatic rings. The summed E-state index contributed by atoms with van der Waals surface area (Å²) in [4.78, 5) is 35.4. The van der Waals surface area contributed by atoms with E-state index in [2.05, 4.69) is 23.3 Å². The van der Waals surface area contributed by atoms with Gasteiger partial charge in [0, 0.05) is 18.5 Å². The summed E-state index contributed by atoms with van der Waals surface area (Å²) in [6.07, 6.45) is 11.6. The smallest absolute Gasteiger partial charge is 0.326 e. The Bertz CT molecular complexity index is 640. The first-order chi connectivity index (χ1) is 15.0. The highest BCUT2D eigenvalue weighted by Crippen LogP contribution is 2.10. The van der Waals surface area contributed by atoms with Crippen LogP contribution < -0.4 is 10.6 Å². The summed E-state index contributed by atoms with van der Waals surface area (Å²) < 4.78 is 0. The largest absolute Gasteiger partial charge is 0.480 e. The first kappa shape index (κ1) is 27.0. The maximum Gasteiger partial charge on any atom is 0.326 e. The molecule has 0 fully saturated rings. The summed E-state index contributed by atoms with van der Waals surface area (Å²) in [7, 11) is 0. The molecular formula is C24H38N2O4S. The van der Waals surface area contributed by atoms with Crippen molar-refractivity contribution in [1.29, 1.82) is 0 Å². The van der Waals surface area contributed by atoms with Gasteiger partial charge in [0.05, 0.1) is 0 Å². The molecule has 1 aromatic carbocycles. The molecule has 2 amide bonds. The number of unbranched alkanes of at least 4 members (excludes halogenated alkanes) is 8. The average Bonchev–Trinajstić information content (AvgIpc) is 2.77. The lowest BCUT2D eigenvalue weighted by atomic mass is 10.1. The zero-order valence-corrected chi connectivity index (χ0v) is 19.4. The highest BCUT2D eigenvalue weighted by atomic mass is 32.1. The second-order valence-corrected chi connectivity index (χ2v) is 8.33. The van der Waals surface area contributed by atoms with Gasteiger partial charge in [-0.2, -0.15) is 12.6 Å². The molecule has 0 radical (unpaired) electrons. The van der Waals surface area contributed by atoms with Gasteiger partial charge >= 0.3 is 5.97 Å². The summed E-state index contributed by atoms with van der Waals surface area (Å²) in [5, 5.41) is 14.8. The van der Waals surface area contributed by atoms with E-state index in [0.717, 1.165) is 18.6 Å². The third-order valence-electron chi connectivity index (χ3n) is 5.19. The maximum atomic E-state index is 12.1. The number of carbonyl (C=O) groups excluding carboxylic acids is 2. The molecule has 1 unspecified atom stereocenters. The molecule has 1 atom stereocenters. The molecule has 7 heteroatoms. The Morgan fingerprint density at radius 3 is 2.06 bits per heavy atom. The molecule has 0 spiro atoms. The number of rotatable bonds is 18. The molecule has 0 heterocycles. The minimum atomic E-state index is -1.05. The van der Waals surface area contributed by atoms with Crippen LogP contribution in [0.4, 0.5) is 0 Å². The highest BCUT2D eigenvalue weighted by Gasteiger charge is 2.20. The van der Waals surface area contributed by atoms with Crippen LogP contribution in [-0.2, 0) is 9.59 Å². The van der Waals surface area contributed by atoms with Gasteiger partial charge in [0.1, 0.15) is 6.04 Å². The van der Waals surface area contributed by atoms with Gasteiger partial charge in [0.2, 0.25) is 5.91 Å². The van der Waals surface area contributed by atoms with Gasteiger partial charge in [0.25, 0.3) is 5.91 Å². The topological polar surface area (TPSA) is 95.5 Å². The van der Waals surface area contributed by atoms with Gasteiger partial charge in [-0.3, -0.25) is 9.59 Å². The second kappa shape index (κ2) is 17.6. The molecule has 0 bridgehead atoms. The van der Waals surface area contributed by atoms with E-state index in [1.165, 1.54) is 38.5 Å². The van der Waals surface area contributed by atoms with Crippen molar-refractivity contribution in [3.8, 4) is 0 Å². The Morgan fingerprint density at radius 2 is 1.45 bits per heavy atom. The van der Waals surface area contributed by atoms with Crippen LogP contribution in [0.15, 0.2) is 30.3 Å². The Kier molecular flexibility index (Phi) is 15.4. The van der Waals surface area contributed by atoms with Gasteiger partial charge in [-0.1, -0.05) is 56.7 Å². The highest BCUT2D eigenvalue weighted by molar-refractivity contribution is 7.80. The van der Waals surface area contributed by atoms with Gasteiger partial charge in [-0.25, -0.2) is 4.79 Å². The normalized spacial score (nSPS) is 11.6. The Hall–Kier alpha value is -2.02. The van der Waals surface area contributed by atoms with Crippen molar-refractivity contribution >= 4 is 30.4 Å². The molecular weight excluding hydrogens is 412 g/mol. The van der Waals surface area contributed by atoms with Gasteiger partial charge in [-0.15, -0.1) is 0 Å². The van der Waals surface area contributed by atoms with Crippen LogP contribution in [0, 0.1) is 0 Å². The van der Waals surface area contributed by atoms with Gasteiger partial charge < -0.3 is 15.7 Å². The lowest BCUT2D eigenvalue weighted by Crippen LogP contribution is -2.40. The molecule has 31 heavy (non-hydrogen) atoms. The molecule has 0 aromatic heterocycles. The first-order valence-electron chi connectivity index (χ1n) is 11.5. The van der Waals surface area contributed by atoms with Crippen molar-refractivity contribution in [2.45, 2.75) is 83.1 Å². The number of hydrogen-bond acceptors (Lipinski definition) is 4. The molecule has 174 valence electrons. The zero-order chi connectivity index (χ0) is 22.7. The van der Waals surface area contributed by atoms with Crippen LogP contribution in [-0.4, -0.2) is 41.2 Å². The Morgan fingerprint density at radius 1 is 0.839 bits per heavy atom. The van der Waals surface area contributed by atoms with E-state index < -0.39 is 12.0 Å². The molecule has 0 aliphatic carbocycles. The number of carboxylic acid groups (broad SMARTS) is 1. The van der Waals surface area contributed by atoms with E-state index in [4.69, 9.17) is 0 Å². The molecule has 0 saturated carbocycles. The number of hydrogen-bond donors (Lipinski definition) is 4. The number of aliphatic carboxylic acids is 1. The van der Waals surface area contributed by atoms with E-state index >= 15 is 0 Å². The lowest BCUT2D eigenvalue weighted by molar-refractivity contribution is -0.139. The Balaban J connectivity index is 2.06. The average molecular weight is 451 g/mol. The summed E-state index contributed by atoms with van der Waals surface area (Å²) in [5.74, 6) is -0.407. The van der Waals surface area contributed by atoms with Gasteiger partial charge in [-0.05, 0) is 50.0 Å². The fraction of sp³-hybridized carbons (Fsp3) is 0.625. The number of benzene rings is 1. The predicted molar refractivity (Wildman–Crippen MR) is 128 cm³/mol. The van der Waals surface area contributed by atoms with Crippen LogP contribution in [0.5, 0.6) is 0 Å². The van der Waals surface area contributed by atoms with Crippen molar-refractivity contribution in [2.24, 2.45) is 0 Å². The number of carbonyl (C=O) groups is 3. The Labute approximate surface area is 192 Å². The van der Waals surface area contributed by atoms with E-state index in [0.29, 0.717) is 37.8 Å². The summed E-state index contributed by atoms with van der Waals surface area (Å²) >= 11 is 4.21. The van der Waals surface area contributed by atoms with E-state index in [9.17, 15) is 19.5 Å². The number of thiol groups is 1. The van der Waals surface area contributed by atoms with Crippen molar-refractivity contribution in [3.63, 3.8) is 0 Å². The SMILES string of the molecule is O=C(CCCCCCCCCCS)NCCCCC(NC(=O)c1ccccc1)C(=O)O. The van der Waals surface area contributed by atoms with Crippen LogP contribution in [0.3, 0.4) is 0 Å². The maximum absolute atomic E-state index is 12.1. The molecule has 6 nitrogen and oxygen atoms in total. The van der Waals surface area contributed by atoms with E-state index in [1.807, 2.05) is 0 Å². The standard InChI is InChI=1S/C24H38N2O4S/c27-22(17-10-5-3-1-2-4-6-13-19-31)25-18-12-11-16-21(24(29)30)26-23(28)20-14-8-7-9-15-20/h7-9,14-15,21,31H,1-6,10-13,16-19H2,(H,25,27)(H,26,28)(H,29,30). The van der Waals surface area contributed by atoms with Crippen molar-refractivity contribution < 1.29 is 19.5 Å². The molecule has 1 rings (SSSR count). The van der Waals surface area contributed by atoms with E-state index in [1.54, 1.807) is 30.3 Å². The first-order valence-corrected chi connectivity index (χ1v) is 12.1. The van der Waals surface area contributed by atoms with Gasteiger partial charge in [0.15, 0.2) is 0 Å².